The highest BCUT2D eigenvalue weighted by atomic mass is 79.9. The molecule has 0 radical (unpaired) electrons. The van der Waals surface area contributed by atoms with E-state index in [0.717, 1.165) is 0 Å². The van der Waals surface area contributed by atoms with Crippen LogP contribution in [0.25, 0.3) is 0 Å². The van der Waals surface area contributed by atoms with Gasteiger partial charge in [0.05, 0.1) is 18.9 Å². The Balaban J connectivity index is 2.04. The third-order valence-electron chi connectivity index (χ3n) is 3.06. The number of amides is 2. The molecule has 2 rings (SSSR count). The van der Waals surface area contributed by atoms with Crippen molar-refractivity contribution in [3.8, 4) is 11.5 Å². The third-order valence-corrected chi connectivity index (χ3v) is 3.75. The number of carbonyl (C=O) groups is 2. The number of nitrogens with two attached hydrogens (primary N) is 1. The molecule has 0 saturated heterocycles. The van der Waals surface area contributed by atoms with Crippen molar-refractivity contribution < 1.29 is 19.1 Å². The summed E-state index contributed by atoms with van der Waals surface area (Å²) in [6.07, 6.45) is 1.47. The molecule has 0 spiro atoms. The summed E-state index contributed by atoms with van der Waals surface area (Å²) in [7, 11) is 1.47. The van der Waals surface area contributed by atoms with Gasteiger partial charge in [0.15, 0.2) is 18.1 Å². The smallest absolute Gasteiger partial charge is 0.272 e. The Morgan fingerprint density at radius 1 is 1.24 bits per heavy atom. The van der Waals surface area contributed by atoms with E-state index in [1.54, 1.807) is 36.4 Å². The van der Waals surface area contributed by atoms with E-state index >= 15 is 0 Å². The minimum Gasteiger partial charge on any atom is -0.493 e. The van der Waals surface area contributed by atoms with Crippen LogP contribution in [-0.4, -0.2) is 31.7 Å². The van der Waals surface area contributed by atoms with Gasteiger partial charge in [-0.2, -0.15) is 5.10 Å². The number of ether oxygens (including phenoxy) is 2. The van der Waals surface area contributed by atoms with Crippen molar-refractivity contribution in [3.05, 3.63) is 58.1 Å². The highest BCUT2D eigenvalue weighted by molar-refractivity contribution is 9.10. The van der Waals surface area contributed by atoms with E-state index in [9.17, 15) is 9.59 Å². The number of methoxy groups -OCH3 is 1. The maximum atomic E-state index is 12.0. The first-order valence-corrected chi connectivity index (χ1v) is 7.97. The molecule has 0 aromatic heterocycles. The lowest BCUT2D eigenvalue weighted by Gasteiger charge is -2.09. The van der Waals surface area contributed by atoms with E-state index < -0.39 is 5.91 Å². The second-order valence-corrected chi connectivity index (χ2v) is 5.70. The minimum absolute atomic E-state index is 0.244. The predicted molar refractivity (Wildman–Crippen MR) is 96.9 cm³/mol. The molecule has 3 N–H and O–H groups in total. The predicted octanol–water partition coefficient (Wildman–Crippen LogP) is 2.09. The molecule has 2 aromatic rings. The van der Waals surface area contributed by atoms with E-state index in [-0.39, 0.29) is 12.5 Å². The average molecular weight is 406 g/mol. The Hall–Kier alpha value is -2.87. The fourth-order valence-electron chi connectivity index (χ4n) is 1.90. The summed E-state index contributed by atoms with van der Waals surface area (Å²) in [5.74, 6) is -0.113. The zero-order valence-corrected chi connectivity index (χ0v) is 14.9. The van der Waals surface area contributed by atoms with Gasteiger partial charge < -0.3 is 15.2 Å². The normalized spacial score (nSPS) is 10.5. The highest BCUT2D eigenvalue weighted by Crippen LogP contribution is 2.27. The molecule has 0 atom stereocenters. The number of hydrogen-bond donors (Lipinski definition) is 2. The van der Waals surface area contributed by atoms with Crippen molar-refractivity contribution in [1.29, 1.82) is 0 Å². The zero-order chi connectivity index (χ0) is 18.2. The van der Waals surface area contributed by atoms with Gasteiger partial charge in [0.1, 0.15) is 0 Å². The van der Waals surface area contributed by atoms with Crippen LogP contribution in [0.4, 0.5) is 0 Å². The van der Waals surface area contributed by atoms with Crippen LogP contribution in [0.2, 0.25) is 0 Å². The van der Waals surface area contributed by atoms with Crippen molar-refractivity contribution in [2.45, 2.75) is 0 Å². The van der Waals surface area contributed by atoms with Crippen LogP contribution >= 0.6 is 15.9 Å². The molecule has 25 heavy (non-hydrogen) atoms. The zero-order valence-electron chi connectivity index (χ0n) is 13.4. The number of rotatable bonds is 7. The molecule has 0 fully saturated rings. The van der Waals surface area contributed by atoms with Crippen LogP contribution in [0.5, 0.6) is 11.5 Å². The van der Waals surface area contributed by atoms with Gasteiger partial charge in [-0.25, -0.2) is 5.43 Å². The maximum absolute atomic E-state index is 12.0. The SMILES string of the molecule is COc1cc(/C=N\NC(=O)c2ccccc2Br)ccc1OCC(N)=O. The molecule has 8 heteroatoms. The van der Waals surface area contributed by atoms with E-state index in [1.165, 1.54) is 13.3 Å². The third kappa shape index (κ3) is 5.32. The van der Waals surface area contributed by atoms with Gasteiger partial charge in [0.25, 0.3) is 11.8 Å². The molecule has 7 nitrogen and oxygen atoms in total. The standard InChI is InChI=1S/C17H16BrN3O4/c1-24-15-8-11(6-7-14(15)25-10-16(19)22)9-20-21-17(23)12-4-2-3-5-13(12)18/h2-9H,10H2,1H3,(H2,19,22)(H,21,23)/b20-9-. The van der Waals surface area contributed by atoms with E-state index in [2.05, 4.69) is 26.5 Å². The summed E-state index contributed by atoms with van der Waals surface area (Å²) in [5.41, 5.74) is 8.65. The molecule has 2 amide bonds. The average Bonchev–Trinajstić information content (AvgIpc) is 2.60. The Kier molecular flexibility index (Phi) is 6.53. The van der Waals surface area contributed by atoms with Crippen molar-refractivity contribution in [3.63, 3.8) is 0 Å². The van der Waals surface area contributed by atoms with Crippen molar-refractivity contribution in [1.82, 2.24) is 5.43 Å². The molecule has 0 saturated carbocycles. The number of nitrogens with one attached hydrogen (secondary N) is 1. The van der Waals surface area contributed by atoms with Gasteiger partial charge >= 0.3 is 0 Å². The van der Waals surface area contributed by atoms with Gasteiger partial charge in [-0.3, -0.25) is 9.59 Å². The lowest BCUT2D eigenvalue weighted by molar-refractivity contribution is -0.119. The molecular weight excluding hydrogens is 390 g/mol. The monoisotopic (exact) mass is 405 g/mol. The molecule has 130 valence electrons. The lowest BCUT2D eigenvalue weighted by atomic mass is 10.2. The Morgan fingerprint density at radius 2 is 2.00 bits per heavy atom. The van der Waals surface area contributed by atoms with Crippen molar-refractivity contribution in [2.24, 2.45) is 10.8 Å². The number of nitrogens with zero attached hydrogens (tertiary/aromatic N) is 1. The summed E-state index contributed by atoms with van der Waals surface area (Å²) >= 11 is 3.31. The van der Waals surface area contributed by atoms with E-state index in [0.29, 0.717) is 27.1 Å². The van der Waals surface area contributed by atoms with Crippen LogP contribution in [0.15, 0.2) is 52.0 Å². The van der Waals surface area contributed by atoms with Crippen molar-refractivity contribution >= 4 is 34.0 Å². The second-order valence-electron chi connectivity index (χ2n) is 4.84. The number of benzene rings is 2. The topological polar surface area (TPSA) is 103 Å². The fraction of sp³-hybridized carbons (Fsp3) is 0.118. The second kappa shape index (κ2) is 8.84. The molecular formula is C17H16BrN3O4. The Bertz CT molecular complexity index is 808. The number of primary amides is 1. The van der Waals surface area contributed by atoms with Gasteiger partial charge in [0, 0.05) is 4.47 Å². The lowest BCUT2D eigenvalue weighted by Crippen LogP contribution is -2.20. The van der Waals surface area contributed by atoms with Crippen LogP contribution in [0.3, 0.4) is 0 Å². The molecule has 0 heterocycles. The van der Waals surface area contributed by atoms with Crippen LogP contribution in [0, 0.1) is 0 Å². The summed E-state index contributed by atoms with van der Waals surface area (Å²) in [6.45, 7) is -0.244. The quantitative estimate of drug-likeness (QED) is 0.543. The Labute approximate surface area is 152 Å². The van der Waals surface area contributed by atoms with Gasteiger partial charge in [-0.1, -0.05) is 12.1 Å². The van der Waals surface area contributed by atoms with Crippen LogP contribution in [-0.2, 0) is 4.79 Å². The highest BCUT2D eigenvalue weighted by Gasteiger charge is 2.08. The fourth-order valence-corrected chi connectivity index (χ4v) is 2.37. The molecule has 0 aliphatic carbocycles. The number of halogens is 1. The van der Waals surface area contributed by atoms with Crippen molar-refractivity contribution in [2.75, 3.05) is 13.7 Å². The van der Waals surface area contributed by atoms with E-state index in [1.807, 2.05) is 6.07 Å². The molecule has 0 bridgehead atoms. The summed E-state index contributed by atoms with van der Waals surface area (Å²) in [6, 6.07) is 12.0. The molecule has 2 aromatic carbocycles. The summed E-state index contributed by atoms with van der Waals surface area (Å²) < 4.78 is 11.1. The first-order valence-electron chi connectivity index (χ1n) is 7.18. The minimum atomic E-state index is -0.581. The van der Waals surface area contributed by atoms with Gasteiger partial charge in [-0.05, 0) is 51.8 Å². The number of carbonyl (C=O) groups excluding carboxylic acids is 2. The summed E-state index contributed by atoms with van der Waals surface area (Å²) in [5, 5.41) is 3.92. The number of hydrazone groups is 1. The maximum Gasteiger partial charge on any atom is 0.272 e. The van der Waals surface area contributed by atoms with Gasteiger partial charge in [0.2, 0.25) is 0 Å². The largest absolute Gasteiger partial charge is 0.493 e. The number of hydrogen-bond acceptors (Lipinski definition) is 5. The molecule has 0 aliphatic rings. The first-order chi connectivity index (χ1) is 12.0. The summed E-state index contributed by atoms with van der Waals surface area (Å²) in [4.78, 5) is 22.8. The molecule has 0 aliphatic heterocycles. The Morgan fingerprint density at radius 3 is 2.68 bits per heavy atom. The first kappa shape index (κ1) is 18.5. The van der Waals surface area contributed by atoms with Crippen LogP contribution in [0.1, 0.15) is 15.9 Å². The van der Waals surface area contributed by atoms with Gasteiger partial charge in [-0.15, -0.1) is 0 Å². The van der Waals surface area contributed by atoms with Crippen LogP contribution < -0.4 is 20.6 Å². The molecule has 0 unspecified atom stereocenters. The van der Waals surface area contributed by atoms with E-state index in [4.69, 9.17) is 15.2 Å².